The molecule has 2 aromatic carbocycles. The topological polar surface area (TPSA) is 46.5 Å². The molecule has 3 nitrogen and oxygen atoms in total. The van der Waals surface area contributed by atoms with Crippen LogP contribution in [0, 0.1) is 0 Å². The largest absolute Gasteiger partial charge is 0.489 e. The molecule has 0 aliphatic rings. The van der Waals surface area contributed by atoms with Gasteiger partial charge in [-0.25, -0.2) is 4.79 Å². The van der Waals surface area contributed by atoms with Gasteiger partial charge in [-0.15, -0.1) is 0 Å². The zero-order valence-electron chi connectivity index (χ0n) is 10.8. The number of ether oxygens (including phenoxy) is 1. The van der Waals surface area contributed by atoms with Crippen LogP contribution in [0.4, 0.5) is 0 Å². The molecule has 0 spiro atoms. The zero-order chi connectivity index (χ0) is 13.7. The summed E-state index contributed by atoms with van der Waals surface area (Å²) in [7, 11) is 0. The van der Waals surface area contributed by atoms with Crippen molar-refractivity contribution < 1.29 is 14.6 Å². The van der Waals surface area contributed by atoms with E-state index in [2.05, 4.69) is 6.92 Å². The van der Waals surface area contributed by atoms with E-state index in [1.807, 2.05) is 30.3 Å². The molecule has 2 aromatic rings. The maximum atomic E-state index is 11.1. The maximum Gasteiger partial charge on any atom is 0.336 e. The number of carboxylic acid groups (broad SMARTS) is 1. The van der Waals surface area contributed by atoms with Gasteiger partial charge in [0.2, 0.25) is 0 Å². The molecule has 0 unspecified atom stereocenters. The predicted molar refractivity (Wildman–Crippen MR) is 73.6 cm³/mol. The van der Waals surface area contributed by atoms with Gasteiger partial charge in [0.1, 0.15) is 12.4 Å². The van der Waals surface area contributed by atoms with Crippen LogP contribution < -0.4 is 4.74 Å². The quantitative estimate of drug-likeness (QED) is 0.890. The van der Waals surface area contributed by atoms with Crippen molar-refractivity contribution in [2.75, 3.05) is 0 Å². The first-order chi connectivity index (χ1) is 9.20. The van der Waals surface area contributed by atoms with E-state index in [1.165, 1.54) is 5.56 Å². The lowest BCUT2D eigenvalue weighted by molar-refractivity contribution is 0.0694. The van der Waals surface area contributed by atoms with Gasteiger partial charge in [0.05, 0.1) is 5.56 Å². The molecule has 0 saturated carbocycles. The lowest BCUT2D eigenvalue weighted by Crippen LogP contribution is -2.05. The molecule has 0 aromatic heterocycles. The fourth-order valence-corrected chi connectivity index (χ4v) is 1.84. The highest BCUT2D eigenvalue weighted by molar-refractivity contribution is 5.89. The molecule has 19 heavy (non-hydrogen) atoms. The van der Waals surface area contributed by atoms with Gasteiger partial charge in [-0.3, -0.25) is 0 Å². The lowest BCUT2D eigenvalue weighted by atomic mass is 10.1. The van der Waals surface area contributed by atoms with Crippen molar-refractivity contribution in [2.45, 2.75) is 20.0 Å². The van der Waals surface area contributed by atoms with Crippen LogP contribution in [0.25, 0.3) is 0 Å². The monoisotopic (exact) mass is 256 g/mol. The summed E-state index contributed by atoms with van der Waals surface area (Å²) in [5, 5.41) is 9.08. The van der Waals surface area contributed by atoms with Crippen molar-refractivity contribution in [2.24, 2.45) is 0 Å². The van der Waals surface area contributed by atoms with E-state index in [1.54, 1.807) is 18.2 Å². The molecule has 2 rings (SSSR count). The molecular weight excluding hydrogens is 240 g/mol. The highest BCUT2D eigenvalue weighted by Gasteiger charge is 2.09. The van der Waals surface area contributed by atoms with E-state index in [9.17, 15) is 4.79 Å². The van der Waals surface area contributed by atoms with E-state index >= 15 is 0 Å². The summed E-state index contributed by atoms with van der Waals surface area (Å²) >= 11 is 0. The smallest absolute Gasteiger partial charge is 0.336 e. The highest BCUT2D eigenvalue weighted by atomic mass is 16.5. The third-order valence-electron chi connectivity index (χ3n) is 2.97. The first kappa shape index (κ1) is 13.1. The SMILES string of the molecule is CCc1ccc(OCc2ccccc2C(=O)O)cc1. The normalized spacial score (nSPS) is 10.2. The van der Waals surface area contributed by atoms with Gasteiger partial charge in [-0.2, -0.15) is 0 Å². The molecule has 0 aliphatic carbocycles. The zero-order valence-corrected chi connectivity index (χ0v) is 10.8. The average Bonchev–Trinajstić information content (AvgIpc) is 2.46. The van der Waals surface area contributed by atoms with Crippen LogP contribution in [0.2, 0.25) is 0 Å². The predicted octanol–water partition coefficient (Wildman–Crippen LogP) is 3.53. The minimum absolute atomic E-state index is 0.258. The molecule has 0 radical (unpaired) electrons. The van der Waals surface area contributed by atoms with E-state index < -0.39 is 5.97 Å². The Hall–Kier alpha value is -2.29. The second kappa shape index (κ2) is 6.05. The van der Waals surface area contributed by atoms with Crippen molar-refractivity contribution in [3.8, 4) is 5.75 Å². The van der Waals surface area contributed by atoms with Crippen LogP contribution in [0.1, 0.15) is 28.4 Å². The molecule has 0 heterocycles. The van der Waals surface area contributed by atoms with Crippen LogP contribution in [-0.4, -0.2) is 11.1 Å². The lowest BCUT2D eigenvalue weighted by Gasteiger charge is -2.09. The fraction of sp³-hybridized carbons (Fsp3) is 0.188. The minimum atomic E-state index is -0.930. The molecular formula is C16H16O3. The van der Waals surface area contributed by atoms with Crippen molar-refractivity contribution >= 4 is 5.97 Å². The average molecular weight is 256 g/mol. The summed E-state index contributed by atoms with van der Waals surface area (Å²) in [5.74, 6) is -0.182. The van der Waals surface area contributed by atoms with Crippen molar-refractivity contribution in [1.29, 1.82) is 0 Å². The van der Waals surface area contributed by atoms with Crippen LogP contribution in [0.3, 0.4) is 0 Å². The number of carbonyl (C=O) groups is 1. The molecule has 0 bridgehead atoms. The van der Waals surface area contributed by atoms with E-state index in [0.29, 0.717) is 5.56 Å². The molecule has 0 fully saturated rings. The van der Waals surface area contributed by atoms with Gasteiger partial charge < -0.3 is 9.84 Å². The van der Waals surface area contributed by atoms with Gasteiger partial charge in [-0.05, 0) is 30.2 Å². The Kier molecular flexibility index (Phi) is 4.18. The third-order valence-corrected chi connectivity index (χ3v) is 2.97. The second-order valence-electron chi connectivity index (χ2n) is 4.25. The van der Waals surface area contributed by atoms with Crippen LogP contribution in [0.5, 0.6) is 5.75 Å². The first-order valence-corrected chi connectivity index (χ1v) is 6.23. The van der Waals surface area contributed by atoms with Gasteiger partial charge in [0, 0.05) is 5.56 Å². The Bertz CT molecular complexity index is 558. The number of aryl methyl sites for hydroxylation is 1. The van der Waals surface area contributed by atoms with Gasteiger partial charge >= 0.3 is 5.97 Å². The molecule has 3 heteroatoms. The highest BCUT2D eigenvalue weighted by Crippen LogP contribution is 2.16. The Balaban J connectivity index is 2.07. The van der Waals surface area contributed by atoms with Crippen molar-refractivity contribution in [3.05, 3.63) is 65.2 Å². The Morgan fingerprint density at radius 3 is 2.42 bits per heavy atom. The Morgan fingerprint density at radius 2 is 1.79 bits per heavy atom. The standard InChI is InChI=1S/C16H16O3/c1-2-12-7-9-14(10-8-12)19-11-13-5-3-4-6-15(13)16(17)18/h3-10H,2,11H2,1H3,(H,17,18). The second-order valence-corrected chi connectivity index (χ2v) is 4.25. The maximum absolute atomic E-state index is 11.1. The Labute approximate surface area is 112 Å². The number of carboxylic acids is 1. The van der Waals surface area contributed by atoms with Gasteiger partial charge in [-0.1, -0.05) is 37.3 Å². The van der Waals surface area contributed by atoms with Crippen molar-refractivity contribution in [3.63, 3.8) is 0 Å². The molecule has 0 amide bonds. The summed E-state index contributed by atoms with van der Waals surface area (Å²) < 4.78 is 5.62. The number of aromatic carboxylic acids is 1. The minimum Gasteiger partial charge on any atom is -0.489 e. The van der Waals surface area contributed by atoms with Crippen LogP contribution in [-0.2, 0) is 13.0 Å². The summed E-state index contributed by atoms with van der Waals surface area (Å²) in [5.41, 5.74) is 2.21. The number of benzene rings is 2. The number of rotatable bonds is 5. The van der Waals surface area contributed by atoms with Gasteiger partial charge in [0.15, 0.2) is 0 Å². The molecule has 0 aliphatic heterocycles. The van der Waals surface area contributed by atoms with Crippen LogP contribution >= 0.6 is 0 Å². The third kappa shape index (κ3) is 3.35. The fourth-order valence-electron chi connectivity index (χ4n) is 1.84. The molecule has 0 saturated heterocycles. The summed E-state index contributed by atoms with van der Waals surface area (Å²) in [6.07, 6.45) is 0.988. The Morgan fingerprint density at radius 1 is 1.11 bits per heavy atom. The van der Waals surface area contributed by atoms with Crippen LogP contribution in [0.15, 0.2) is 48.5 Å². The van der Waals surface area contributed by atoms with E-state index in [0.717, 1.165) is 12.2 Å². The molecule has 98 valence electrons. The number of hydrogen-bond acceptors (Lipinski definition) is 2. The van der Waals surface area contributed by atoms with Crippen molar-refractivity contribution in [1.82, 2.24) is 0 Å². The molecule has 1 N–H and O–H groups in total. The van der Waals surface area contributed by atoms with Gasteiger partial charge in [0.25, 0.3) is 0 Å². The number of hydrogen-bond donors (Lipinski definition) is 1. The van der Waals surface area contributed by atoms with E-state index in [-0.39, 0.29) is 12.2 Å². The summed E-state index contributed by atoms with van der Waals surface area (Å²) in [6, 6.07) is 14.7. The van der Waals surface area contributed by atoms with E-state index in [4.69, 9.17) is 9.84 Å². The summed E-state index contributed by atoms with van der Waals surface area (Å²) in [6.45, 7) is 2.35. The summed E-state index contributed by atoms with van der Waals surface area (Å²) in [4.78, 5) is 11.1. The molecule has 0 atom stereocenters. The first-order valence-electron chi connectivity index (χ1n) is 6.23.